The second-order valence-corrected chi connectivity index (χ2v) is 14.3. The number of carbonyl (C=O) groups excluding carboxylic acids is 1. The summed E-state index contributed by atoms with van der Waals surface area (Å²) in [6.45, 7) is 9.46. The number of thiazole rings is 1. The standard InChI is InChI=1S/C28H35ClN4OS2/c1-17(29)6-4-5-12-27(2,3)16-30-22-15-24-28(22)13-11-23(28)33(24)26-31-20-10-7-18(14-21(20)35-26)25(34)32-36-19-8-9-19/h4,6-7,10,14,19,22-24,30H,1,5,8-9,11-13,15-16H2,2-3H3,(H,32,34)/b6-4-. The molecule has 3 aliphatic carbocycles. The van der Waals surface area contributed by atoms with Gasteiger partial charge >= 0.3 is 0 Å². The van der Waals surface area contributed by atoms with Gasteiger partial charge in [-0.1, -0.05) is 49.4 Å². The molecule has 3 saturated carbocycles. The summed E-state index contributed by atoms with van der Waals surface area (Å²) in [7, 11) is 0. The van der Waals surface area contributed by atoms with Crippen LogP contribution in [0.15, 0.2) is 42.0 Å². The molecule has 1 amide bonds. The summed E-state index contributed by atoms with van der Waals surface area (Å²) < 4.78 is 4.10. The molecular formula is C28H35ClN4OS2. The van der Waals surface area contributed by atoms with E-state index < -0.39 is 0 Å². The highest BCUT2D eigenvalue weighted by Gasteiger charge is 2.75. The summed E-state index contributed by atoms with van der Waals surface area (Å²) in [5, 5.41) is 6.28. The molecular weight excluding hydrogens is 508 g/mol. The highest BCUT2D eigenvalue weighted by Crippen LogP contribution is 2.69. The number of hydrogen-bond acceptors (Lipinski definition) is 6. The van der Waals surface area contributed by atoms with Crippen molar-refractivity contribution in [3.05, 3.63) is 47.5 Å². The third kappa shape index (κ3) is 4.40. The predicted molar refractivity (Wildman–Crippen MR) is 153 cm³/mol. The molecule has 1 aromatic heterocycles. The van der Waals surface area contributed by atoms with Crippen molar-refractivity contribution in [2.75, 3.05) is 11.4 Å². The maximum Gasteiger partial charge on any atom is 0.261 e. The van der Waals surface area contributed by atoms with Crippen molar-refractivity contribution in [3.8, 4) is 0 Å². The Morgan fingerprint density at radius 2 is 2.19 bits per heavy atom. The van der Waals surface area contributed by atoms with E-state index in [1.165, 1.54) is 32.1 Å². The van der Waals surface area contributed by atoms with E-state index in [1.807, 2.05) is 24.3 Å². The molecule has 4 fully saturated rings. The molecule has 1 aliphatic heterocycles. The number of piperidine rings is 2. The summed E-state index contributed by atoms with van der Waals surface area (Å²) in [4.78, 5) is 20.1. The van der Waals surface area contributed by atoms with Gasteiger partial charge in [0.1, 0.15) is 0 Å². The van der Waals surface area contributed by atoms with Gasteiger partial charge in [0, 0.05) is 45.9 Å². The molecule has 2 aromatic rings. The molecule has 0 bridgehead atoms. The lowest BCUT2D eigenvalue weighted by atomic mass is 9.40. The minimum Gasteiger partial charge on any atom is -0.341 e. The Kier molecular flexibility index (Phi) is 6.42. The fourth-order valence-corrected chi connectivity index (χ4v) is 8.26. The van der Waals surface area contributed by atoms with Crippen molar-refractivity contribution in [1.29, 1.82) is 0 Å². The van der Waals surface area contributed by atoms with Gasteiger partial charge in [-0.15, -0.1) is 0 Å². The van der Waals surface area contributed by atoms with E-state index in [9.17, 15) is 4.79 Å². The Morgan fingerprint density at radius 3 is 2.89 bits per heavy atom. The monoisotopic (exact) mass is 542 g/mol. The number of halogens is 1. The highest BCUT2D eigenvalue weighted by atomic mass is 35.5. The summed E-state index contributed by atoms with van der Waals surface area (Å²) in [6, 6.07) is 7.75. The first-order chi connectivity index (χ1) is 17.3. The lowest BCUT2D eigenvalue weighted by Crippen LogP contribution is -2.89. The zero-order valence-corrected chi connectivity index (χ0v) is 23.4. The summed E-state index contributed by atoms with van der Waals surface area (Å²) >= 11 is 9.14. The van der Waals surface area contributed by atoms with Crippen LogP contribution in [0.4, 0.5) is 5.13 Å². The zero-order valence-electron chi connectivity index (χ0n) is 21.1. The number of anilines is 1. The van der Waals surface area contributed by atoms with Crippen molar-refractivity contribution in [2.24, 2.45) is 10.8 Å². The molecule has 0 radical (unpaired) electrons. The summed E-state index contributed by atoms with van der Waals surface area (Å²) in [5.74, 6) is 0.00192. The highest BCUT2D eigenvalue weighted by molar-refractivity contribution is 7.98. The van der Waals surface area contributed by atoms with Crippen molar-refractivity contribution >= 4 is 56.1 Å². The van der Waals surface area contributed by atoms with E-state index in [-0.39, 0.29) is 11.3 Å². The van der Waals surface area contributed by atoms with E-state index in [2.05, 4.69) is 41.4 Å². The van der Waals surface area contributed by atoms with Gasteiger partial charge in [0.25, 0.3) is 5.91 Å². The first-order valence-electron chi connectivity index (χ1n) is 13.2. The SMILES string of the molecule is C=C(Cl)/C=C\CCC(C)(C)CNC1CC2N(c3nc4ccc(C(=O)NSC5CC5)cc4s3)C3CCC132. The fourth-order valence-electron chi connectivity index (χ4n) is 6.30. The summed E-state index contributed by atoms with van der Waals surface area (Å²) in [5.41, 5.74) is 2.41. The zero-order chi connectivity index (χ0) is 25.1. The number of nitrogens with one attached hydrogen (secondary N) is 2. The van der Waals surface area contributed by atoms with Gasteiger partial charge in [-0.3, -0.25) is 9.52 Å². The van der Waals surface area contributed by atoms with Gasteiger partial charge in [0.2, 0.25) is 0 Å². The first kappa shape index (κ1) is 24.8. The van der Waals surface area contributed by atoms with Crippen LogP contribution in [-0.4, -0.2) is 40.8 Å². The molecule has 2 heterocycles. The Hall–Kier alpha value is -1.54. The number of nitrogens with zero attached hydrogens (tertiary/aromatic N) is 2. The van der Waals surface area contributed by atoms with E-state index in [0.717, 1.165) is 40.3 Å². The van der Waals surface area contributed by atoms with Crippen LogP contribution in [0, 0.1) is 10.8 Å². The van der Waals surface area contributed by atoms with Crippen molar-refractivity contribution < 1.29 is 4.79 Å². The molecule has 4 aliphatic rings. The lowest BCUT2D eigenvalue weighted by Gasteiger charge is -2.79. The molecule has 192 valence electrons. The van der Waals surface area contributed by atoms with Crippen LogP contribution in [0.1, 0.15) is 69.2 Å². The topological polar surface area (TPSA) is 57.3 Å². The number of benzene rings is 1. The van der Waals surface area contributed by atoms with Crippen LogP contribution in [0.25, 0.3) is 10.2 Å². The van der Waals surface area contributed by atoms with Crippen molar-refractivity contribution in [2.45, 2.75) is 82.2 Å². The Bertz CT molecular complexity index is 1210. The Morgan fingerprint density at radius 1 is 1.36 bits per heavy atom. The molecule has 4 atom stereocenters. The fraction of sp³-hybridized carbons (Fsp3) is 0.571. The van der Waals surface area contributed by atoms with E-state index >= 15 is 0 Å². The second kappa shape index (κ2) is 9.33. The van der Waals surface area contributed by atoms with E-state index in [1.54, 1.807) is 23.3 Å². The second-order valence-electron chi connectivity index (χ2n) is 11.7. The van der Waals surface area contributed by atoms with Crippen LogP contribution in [0.3, 0.4) is 0 Å². The largest absolute Gasteiger partial charge is 0.341 e. The third-order valence-corrected chi connectivity index (χ3v) is 11.0. The number of aromatic nitrogens is 1. The van der Waals surface area contributed by atoms with Crippen LogP contribution < -0.4 is 14.9 Å². The lowest BCUT2D eigenvalue weighted by molar-refractivity contribution is -0.149. The number of rotatable bonds is 11. The number of hydrogen-bond donors (Lipinski definition) is 2. The van der Waals surface area contributed by atoms with Gasteiger partial charge in [-0.05, 0) is 86.6 Å². The average molecular weight is 543 g/mol. The average Bonchev–Trinajstić information content (AvgIpc) is 3.54. The molecule has 6 rings (SSSR count). The molecule has 2 N–H and O–H groups in total. The van der Waals surface area contributed by atoms with Crippen LogP contribution in [-0.2, 0) is 0 Å². The van der Waals surface area contributed by atoms with Crippen molar-refractivity contribution in [3.63, 3.8) is 0 Å². The molecule has 1 aromatic carbocycles. The normalized spacial score (nSPS) is 28.8. The Balaban J connectivity index is 1.06. The summed E-state index contributed by atoms with van der Waals surface area (Å²) in [6.07, 6.45) is 12.4. The maximum absolute atomic E-state index is 12.5. The van der Waals surface area contributed by atoms with Crippen LogP contribution in [0.5, 0.6) is 0 Å². The third-order valence-electron chi connectivity index (χ3n) is 8.69. The molecule has 36 heavy (non-hydrogen) atoms. The molecule has 5 nitrogen and oxygen atoms in total. The number of allylic oxidation sites excluding steroid dienone is 3. The van der Waals surface area contributed by atoms with Crippen LogP contribution >= 0.6 is 34.9 Å². The van der Waals surface area contributed by atoms with Crippen LogP contribution in [0.2, 0.25) is 0 Å². The number of amides is 1. The van der Waals surface area contributed by atoms with E-state index in [0.29, 0.717) is 33.8 Å². The van der Waals surface area contributed by atoms with Gasteiger partial charge < -0.3 is 10.2 Å². The smallest absolute Gasteiger partial charge is 0.261 e. The molecule has 1 saturated heterocycles. The Labute approximate surface area is 227 Å². The van der Waals surface area contributed by atoms with Gasteiger partial charge in [0.05, 0.1) is 10.2 Å². The van der Waals surface area contributed by atoms with Crippen molar-refractivity contribution in [1.82, 2.24) is 15.0 Å². The molecule has 1 spiro atoms. The number of carbonyl (C=O) groups is 1. The minimum absolute atomic E-state index is 0.00192. The quantitative estimate of drug-likeness (QED) is 0.246. The minimum atomic E-state index is 0.00192. The van der Waals surface area contributed by atoms with Gasteiger partial charge in [-0.2, -0.15) is 0 Å². The predicted octanol–water partition coefficient (Wildman–Crippen LogP) is 6.65. The maximum atomic E-state index is 12.5. The van der Waals surface area contributed by atoms with Gasteiger partial charge in [-0.25, -0.2) is 4.98 Å². The van der Waals surface area contributed by atoms with Gasteiger partial charge in [0.15, 0.2) is 5.13 Å². The molecule has 8 heteroatoms. The number of fused-ring (bicyclic) bond motifs is 1. The first-order valence-corrected chi connectivity index (χ1v) is 15.2. The van der Waals surface area contributed by atoms with E-state index in [4.69, 9.17) is 16.6 Å². The molecule has 4 unspecified atom stereocenters.